The Morgan fingerprint density at radius 2 is 1.56 bits per heavy atom. The van der Waals surface area contributed by atoms with E-state index in [1.54, 1.807) is 0 Å². The van der Waals surface area contributed by atoms with Crippen molar-refractivity contribution in [1.29, 1.82) is 0 Å². The number of halogens is 3. The van der Waals surface area contributed by atoms with E-state index in [-0.39, 0.29) is 22.4 Å². The minimum Gasteiger partial charge on any atom is -0.280 e. The molecule has 0 spiro atoms. The van der Waals surface area contributed by atoms with E-state index >= 15 is 0 Å². The first-order chi connectivity index (χ1) is 3.25. The second-order valence-corrected chi connectivity index (χ2v) is 3.08. The average molecular weight is 274 g/mol. The Hall–Kier alpha value is 0.800. The van der Waals surface area contributed by atoms with Crippen LogP contribution in [0.4, 0.5) is 8.78 Å². The van der Waals surface area contributed by atoms with Gasteiger partial charge >= 0.3 is 14.8 Å². The van der Waals surface area contributed by atoms with Crippen LogP contribution in [-0.4, -0.2) is 17.7 Å². The van der Waals surface area contributed by atoms with Crippen molar-refractivity contribution in [3.05, 3.63) is 0 Å². The van der Waals surface area contributed by atoms with Gasteiger partial charge in [-0.2, -0.15) is 17.2 Å². The first-order valence-corrected chi connectivity index (χ1v) is 3.11. The number of hydrogen-bond donors (Lipinski definition) is 1. The van der Waals surface area contributed by atoms with E-state index < -0.39 is 14.8 Å². The van der Waals surface area contributed by atoms with Crippen molar-refractivity contribution in [2.45, 2.75) is 4.71 Å². The van der Waals surface area contributed by atoms with Gasteiger partial charge in [0, 0.05) is 22.4 Å². The van der Waals surface area contributed by atoms with Crippen LogP contribution < -0.4 is 0 Å². The van der Waals surface area contributed by atoms with Gasteiger partial charge in [-0.15, -0.1) is 0 Å². The third-order valence-electron chi connectivity index (χ3n) is 0.292. The molecule has 3 nitrogen and oxygen atoms in total. The van der Waals surface area contributed by atoms with E-state index in [0.29, 0.717) is 0 Å². The zero-order chi connectivity index (χ0) is 7.00. The van der Waals surface area contributed by atoms with Gasteiger partial charge < -0.3 is 0 Å². The Morgan fingerprint density at radius 3 is 1.56 bits per heavy atom. The summed E-state index contributed by atoms with van der Waals surface area (Å²) in [6, 6.07) is 0. The molecule has 0 amide bonds. The van der Waals surface area contributed by atoms with E-state index in [0.717, 1.165) is 0 Å². The van der Waals surface area contributed by atoms with Crippen LogP contribution in [0.25, 0.3) is 0 Å². The quantitative estimate of drug-likeness (QED) is 0.434. The fourth-order valence-electron chi connectivity index (χ4n) is 0. The fraction of sp³-hybridized carbons (Fsp3) is 1.00. The molecular weight excluding hydrogens is 273 g/mol. The van der Waals surface area contributed by atoms with Crippen LogP contribution in [0.15, 0.2) is 0 Å². The van der Waals surface area contributed by atoms with Gasteiger partial charge in [0.05, 0.1) is 0 Å². The van der Waals surface area contributed by atoms with Crippen LogP contribution in [0.2, 0.25) is 0 Å². The molecular formula is CHAgClF2O3S. The summed E-state index contributed by atoms with van der Waals surface area (Å²) in [5.41, 5.74) is 0. The fourth-order valence-corrected chi connectivity index (χ4v) is 0. The van der Waals surface area contributed by atoms with Crippen molar-refractivity contribution in [3.63, 3.8) is 0 Å². The van der Waals surface area contributed by atoms with Gasteiger partial charge in [0.1, 0.15) is 0 Å². The van der Waals surface area contributed by atoms with Crippen LogP contribution in [0.1, 0.15) is 0 Å². The third kappa shape index (κ3) is 4.24. The van der Waals surface area contributed by atoms with Gasteiger partial charge in [0.15, 0.2) is 0 Å². The normalized spacial score (nSPS) is 12.4. The van der Waals surface area contributed by atoms with Crippen LogP contribution >= 0.6 is 11.6 Å². The summed E-state index contributed by atoms with van der Waals surface area (Å²) in [7, 11) is -5.41. The van der Waals surface area contributed by atoms with Gasteiger partial charge in [-0.25, -0.2) is 0 Å². The minimum absolute atomic E-state index is 0. The van der Waals surface area contributed by atoms with Crippen LogP contribution in [0, 0.1) is 0 Å². The molecule has 0 aliphatic rings. The molecule has 8 heteroatoms. The molecule has 1 radical (unpaired) electrons. The number of alkyl halides is 3. The van der Waals surface area contributed by atoms with Gasteiger partial charge in [0.25, 0.3) is 0 Å². The zero-order valence-corrected chi connectivity index (χ0v) is 6.66. The van der Waals surface area contributed by atoms with E-state index in [4.69, 9.17) is 4.55 Å². The summed E-state index contributed by atoms with van der Waals surface area (Å²) in [4.78, 5) is 0. The molecule has 0 fully saturated rings. The Kier molecular flexibility index (Phi) is 4.53. The SMILES string of the molecule is O=S(=O)(O)C(F)(F)Cl.[Ag]. The predicted octanol–water partition coefficient (Wildman–Crippen LogP) is 0.661. The Balaban J connectivity index is 0. The molecule has 61 valence electrons. The minimum atomic E-state index is -5.41. The van der Waals surface area contributed by atoms with Crippen molar-refractivity contribution in [2.75, 3.05) is 0 Å². The average Bonchev–Trinajstić information content (AvgIpc) is 1.25. The van der Waals surface area contributed by atoms with Crippen molar-refractivity contribution < 1.29 is 44.1 Å². The molecule has 9 heavy (non-hydrogen) atoms. The molecule has 0 aliphatic carbocycles. The molecule has 0 aromatic rings. The predicted molar refractivity (Wildman–Crippen MR) is 22.3 cm³/mol. The monoisotopic (exact) mass is 273 g/mol. The Labute approximate surface area is 70.6 Å². The molecule has 0 aromatic heterocycles. The first-order valence-electron chi connectivity index (χ1n) is 1.29. The summed E-state index contributed by atoms with van der Waals surface area (Å²) in [5, 5.41) is 0. The van der Waals surface area contributed by atoms with Crippen molar-refractivity contribution in [2.24, 2.45) is 0 Å². The van der Waals surface area contributed by atoms with E-state index in [1.807, 2.05) is 0 Å². The molecule has 0 saturated carbocycles. The molecule has 0 atom stereocenters. The molecule has 0 aromatic carbocycles. The standard InChI is InChI=1S/CHClF2O3S.Ag/c2-1(3,4)8(5,6)7;/h(H,5,6,7);. The Morgan fingerprint density at radius 1 is 1.44 bits per heavy atom. The molecule has 0 rings (SSSR count). The summed E-state index contributed by atoms with van der Waals surface area (Å²) < 4.78 is 43.8. The molecule has 0 unspecified atom stereocenters. The van der Waals surface area contributed by atoms with Crippen molar-refractivity contribution in [3.8, 4) is 0 Å². The number of hydrogen-bond acceptors (Lipinski definition) is 2. The summed E-state index contributed by atoms with van der Waals surface area (Å²) in [6.07, 6.45) is 0. The van der Waals surface area contributed by atoms with Crippen molar-refractivity contribution in [1.82, 2.24) is 0 Å². The topological polar surface area (TPSA) is 54.4 Å². The van der Waals surface area contributed by atoms with Gasteiger partial charge in [-0.3, -0.25) is 4.55 Å². The van der Waals surface area contributed by atoms with Crippen molar-refractivity contribution >= 4 is 21.7 Å². The molecule has 0 aliphatic heterocycles. The summed E-state index contributed by atoms with van der Waals surface area (Å²) in [6.45, 7) is 0. The third-order valence-corrected chi connectivity index (χ3v) is 1.46. The van der Waals surface area contributed by atoms with E-state index in [1.165, 1.54) is 0 Å². The Bertz CT molecular complexity index is 171. The molecule has 0 saturated heterocycles. The second-order valence-electron chi connectivity index (χ2n) is 0.921. The first kappa shape index (κ1) is 12.5. The molecule has 0 bridgehead atoms. The maximum Gasteiger partial charge on any atom is 0.448 e. The summed E-state index contributed by atoms with van der Waals surface area (Å²) in [5.74, 6) is 0. The second kappa shape index (κ2) is 3.27. The maximum atomic E-state index is 11.2. The van der Waals surface area contributed by atoms with Gasteiger partial charge in [-0.05, 0) is 11.6 Å². The van der Waals surface area contributed by atoms with Gasteiger partial charge in [-0.1, -0.05) is 0 Å². The largest absolute Gasteiger partial charge is 0.448 e. The van der Waals surface area contributed by atoms with Crippen LogP contribution in [-0.2, 0) is 32.5 Å². The van der Waals surface area contributed by atoms with Gasteiger partial charge in [0.2, 0.25) is 0 Å². The zero-order valence-electron chi connectivity index (χ0n) is 3.61. The maximum absolute atomic E-state index is 11.2. The smallest absolute Gasteiger partial charge is 0.280 e. The van der Waals surface area contributed by atoms with E-state index in [9.17, 15) is 17.2 Å². The molecule has 1 N–H and O–H groups in total. The van der Waals surface area contributed by atoms with E-state index in [2.05, 4.69) is 11.6 Å². The van der Waals surface area contributed by atoms with Crippen LogP contribution in [0.5, 0.6) is 0 Å². The van der Waals surface area contributed by atoms with Crippen LogP contribution in [0.3, 0.4) is 0 Å². The number of rotatable bonds is 1. The summed E-state index contributed by atoms with van der Waals surface area (Å²) >= 11 is 3.84. The molecule has 0 heterocycles.